The lowest BCUT2D eigenvalue weighted by molar-refractivity contribution is 0.123. The average molecular weight is 313 g/mol. The molecule has 100 valence electrons. The molecule has 0 aromatic heterocycles. The van der Waals surface area contributed by atoms with Crippen molar-refractivity contribution >= 4 is 15.9 Å². The molecule has 1 aromatic rings. The average Bonchev–Trinajstić information content (AvgIpc) is 2.81. The number of hydrogen-bond acceptors (Lipinski definition) is 3. The van der Waals surface area contributed by atoms with Gasteiger partial charge < -0.3 is 15.4 Å². The first-order valence-electron chi connectivity index (χ1n) is 6.35. The van der Waals surface area contributed by atoms with E-state index in [1.54, 1.807) is 0 Å². The van der Waals surface area contributed by atoms with Crippen LogP contribution < -0.4 is 5.73 Å². The molecule has 0 spiro atoms. The van der Waals surface area contributed by atoms with E-state index in [4.69, 9.17) is 10.5 Å². The van der Waals surface area contributed by atoms with Crippen LogP contribution in [0.15, 0.2) is 28.7 Å². The third-order valence-electron chi connectivity index (χ3n) is 3.62. The molecular weight excluding hydrogens is 292 g/mol. The van der Waals surface area contributed by atoms with Crippen molar-refractivity contribution in [2.24, 2.45) is 11.1 Å². The van der Waals surface area contributed by atoms with Gasteiger partial charge in [-0.15, -0.1) is 0 Å². The van der Waals surface area contributed by atoms with Crippen LogP contribution in [0.1, 0.15) is 12.0 Å². The van der Waals surface area contributed by atoms with Gasteiger partial charge in [0.1, 0.15) is 0 Å². The molecule has 0 bridgehead atoms. The largest absolute Gasteiger partial charge is 0.381 e. The zero-order valence-corrected chi connectivity index (χ0v) is 12.4. The molecule has 1 fully saturated rings. The molecule has 1 aliphatic heterocycles. The number of hydrogen-bond donors (Lipinski definition) is 1. The number of halogens is 1. The summed E-state index contributed by atoms with van der Waals surface area (Å²) in [7, 11) is 2.15. The summed E-state index contributed by atoms with van der Waals surface area (Å²) < 4.78 is 6.68. The van der Waals surface area contributed by atoms with Crippen molar-refractivity contribution in [3.05, 3.63) is 34.3 Å². The summed E-state index contributed by atoms with van der Waals surface area (Å²) in [5, 5.41) is 0. The Kier molecular flexibility index (Phi) is 4.78. The van der Waals surface area contributed by atoms with Crippen LogP contribution in [0.25, 0.3) is 0 Å². The monoisotopic (exact) mass is 312 g/mol. The Morgan fingerprint density at radius 2 is 2.22 bits per heavy atom. The van der Waals surface area contributed by atoms with Gasteiger partial charge in [-0.3, -0.25) is 0 Å². The summed E-state index contributed by atoms with van der Waals surface area (Å²) >= 11 is 3.59. The summed E-state index contributed by atoms with van der Waals surface area (Å²) in [6.45, 7) is 4.27. The van der Waals surface area contributed by atoms with Crippen LogP contribution in [0.5, 0.6) is 0 Å². The van der Waals surface area contributed by atoms with E-state index >= 15 is 0 Å². The molecule has 4 heteroatoms. The second kappa shape index (κ2) is 6.15. The molecule has 1 unspecified atom stereocenters. The van der Waals surface area contributed by atoms with Crippen molar-refractivity contribution in [1.82, 2.24) is 4.90 Å². The highest BCUT2D eigenvalue weighted by Gasteiger charge is 2.34. The molecule has 1 aliphatic rings. The topological polar surface area (TPSA) is 38.5 Å². The van der Waals surface area contributed by atoms with Crippen molar-refractivity contribution < 1.29 is 4.74 Å². The lowest BCUT2D eigenvalue weighted by atomic mass is 9.87. The van der Waals surface area contributed by atoms with Crippen LogP contribution in [-0.4, -0.2) is 38.3 Å². The molecular formula is C14H21BrN2O. The second-order valence-corrected chi connectivity index (χ2v) is 6.12. The maximum Gasteiger partial charge on any atom is 0.0547 e. The predicted molar refractivity (Wildman–Crippen MR) is 77.4 cm³/mol. The fourth-order valence-corrected chi connectivity index (χ4v) is 2.96. The number of ether oxygens (including phenoxy) is 1. The highest BCUT2D eigenvalue weighted by molar-refractivity contribution is 9.10. The molecule has 0 amide bonds. The quantitative estimate of drug-likeness (QED) is 0.906. The van der Waals surface area contributed by atoms with Gasteiger partial charge in [-0.2, -0.15) is 0 Å². The molecule has 1 saturated heterocycles. The summed E-state index contributed by atoms with van der Waals surface area (Å²) in [4.78, 5) is 2.33. The Labute approximate surface area is 117 Å². The Morgan fingerprint density at radius 1 is 1.44 bits per heavy atom. The molecule has 2 N–H and O–H groups in total. The Balaban J connectivity index is 1.96. The van der Waals surface area contributed by atoms with Gasteiger partial charge in [0.05, 0.1) is 6.61 Å². The van der Waals surface area contributed by atoms with Gasteiger partial charge in [-0.1, -0.05) is 34.1 Å². The molecule has 1 heterocycles. The minimum Gasteiger partial charge on any atom is -0.381 e. The molecule has 1 atom stereocenters. The zero-order chi connectivity index (χ0) is 13.0. The van der Waals surface area contributed by atoms with Crippen molar-refractivity contribution in [2.75, 3.05) is 33.4 Å². The number of rotatable bonds is 5. The van der Waals surface area contributed by atoms with Crippen LogP contribution >= 0.6 is 15.9 Å². The predicted octanol–water partition coefficient (Wildman–Crippen LogP) is 2.25. The van der Waals surface area contributed by atoms with Crippen molar-refractivity contribution in [1.29, 1.82) is 0 Å². The van der Waals surface area contributed by atoms with E-state index in [2.05, 4.69) is 46.1 Å². The van der Waals surface area contributed by atoms with Gasteiger partial charge in [0, 0.05) is 36.1 Å². The van der Waals surface area contributed by atoms with Gasteiger partial charge in [0.15, 0.2) is 0 Å². The fraction of sp³-hybridized carbons (Fsp3) is 0.571. The molecule has 0 saturated carbocycles. The Hall–Kier alpha value is -0.420. The van der Waals surface area contributed by atoms with Crippen LogP contribution in [0, 0.1) is 5.41 Å². The van der Waals surface area contributed by atoms with E-state index in [9.17, 15) is 0 Å². The van der Waals surface area contributed by atoms with E-state index in [1.165, 1.54) is 10.0 Å². The highest BCUT2D eigenvalue weighted by atomic mass is 79.9. The molecule has 1 aromatic carbocycles. The highest BCUT2D eigenvalue weighted by Crippen LogP contribution is 2.29. The third-order valence-corrected chi connectivity index (χ3v) is 4.40. The molecule has 0 aliphatic carbocycles. The smallest absolute Gasteiger partial charge is 0.0547 e. The second-order valence-electron chi connectivity index (χ2n) is 5.27. The summed E-state index contributed by atoms with van der Waals surface area (Å²) in [6, 6.07) is 8.35. The first kappa shape index (κ1) is 14.0. The van der Waals surface area contributed by atoms with Crippen molar-refractivity contribution in [3.63, 3.8) is 0 Å². The SMILES string of the molecule is CN(Cc1ccccc1Br)CC1(CN)CCOC1. The van der Waals surface area contributed by atoms with Gasteiger partial charge in [-0.25, -0.2) is 0 Å². The van der Waals surface area contributed by atoms with Gasteiger partial charge in [-0.05, 0) is 25.1 Å². The van der Waals surface area contributed by atoms with E-state index in [1.807, 2.05) is 6.07 Å². The van der Waals surface area contributed by atoms with Gasteiger partial charge in [0.2, 0.25) is 0 Å². The van der Waals surface area contributed by atoms with E-state index in [0.717, 1.165) is 32.7 Å². The molecule has 0 radical (unpaired) electrons. The van der Waals surface area contributed by atoms with E-state index in [-0.39, 0.29) is 5.41 Å². The first-order chi connectivity index (χ1) is 8.65. The molecule has 3 nitrogen and oxygen atoms in total. The number of nitrogens with two attached hydrogens (primary N) is 1. The first-order valence-corrected chi connectivity index (χ1v) is 7.14. The maximum atomic E-state index is 5.92. The van der Waals surface area contributed by atoms with Crippen LogP contribution in [0.2, 0.25) is 0 Å². The summed E-state index contributed by atoms with van der Waals surface area (Å²) in [5.41, 5.74) is 7.38. The zero-order valence-electron chi connectivity index (χ0n) is 10.9. The minimum absolute atomic E-state index is 0.149. The number of nitrogens with zero attached hydrogens (tertiary/aromatic N) is 1. The summed E-state index contributed by atoms with van der Waals surface area (Å²) in [6.07, 6.45) is 1.07. The molecule has 2 rings (SSSR count). The van der Waals surface area contributed by atoms with Crippen LogP contribution in [0.3, 0.4) is 0 Å². The molecule has 18 heavy (non-hydrogen) atoms. The van der Waals surface area contributed by atoms with E-state index < -0.39 is 0 Å². The maximum absolute atomic E-state index is 5.92. The normalized spacial score (nSPS) is 23.8. The third kappa shape index (κ3) is 3.32. The summed E-state index contributed by atoms with van der Waals surface area (Å²) in [5.74, 6) is 0. The standard InChI is InChI=1S/C14H21BrN2O/c1-17(8-12-4-2-3-5-13(12)15)10-14(9-16)6-7-18-11-14/h2-5H,6-11,16H2,1H3. The van der Waals surface area contributed by atoms with Crippen LogP contribution in [-0.2, 0) is 11.3 Å². The Morgan fingerprint density at radius 3 is 2.83 bits per heavy atom. The van der Waals surface area contributed by atoms with E-state index in [0.29, 0.717) is 6.54 Å². The fourth-order valence-electron chi connectivity index (χ4n) is 2.55. The minimum atomic E-state index is 0.149. The van der Waals surface area contributed by atoms with Crippen LogP contribution in [0.4, 0.5) is 0 Å². The van der Waals surface area contributed by atoms with Gasteiger partial charge >= 0.3 is 0 Å². The van der Waals surface area contributed by atoms with Crippen molar-refractivity contribution in [3.8, 4) is 0 Å². The lowest BCUT2D eigenvalue weighted by Gasteiger charge is -2.31. The lowest BCUT2D eigenvalue weighted by Crippen LogP contribution is -2.41. The van der Waals surface area contributed by atoms with Gasteiger partial charge in [0.25, 0.3) is 0 Å². The Bertz CT molecular complexity index is 391. The number of benzene rings is 1. The van der Waals surface area contributed by atoms with Crippen molar-refractivity contribution in [2.45, 2.75) is 13.0 Å².